The monoisotopic (exact) mass is 227 g/mol. The predicted octanol–water partition coefficient (Wildman–Crippen LogP) is 4.34. The highest BCUT2D eigenvalue weighted by atomic mass is 14.2. The first kappa shape index (κ1) is 13.5. The molecule has 0 aromatic heterocycles. The summed E-state index contributed by atoms with van der Waals surface area (Å²) in [4.78, 5) is 0. The van der Waals surface area contributed by atoms with Crippen molar-refractivity contribution in [2.45, 2.75) is 33.6 Å². The van der Waals surface area contributed by atoms with Gasteiger partial charge in [-0.25, -0.2) is 0 Å². The van der Waals surface area contributed by atoms with Crippen LogP contribution in [0.3, 0.4) is 0 Å². The van der Waals surface area contributed by atoms with Crippen LogP contribution in [-0.4, -0.2) is 0 Å². The number of benzene rings is 1. The number of nitriles is 1. The fraction of sp³-hybridized carbons (Fsp3) is 0.438. The molecule has 0 bridgehead atoms. The van der Waals surface area contributed by atoms with E-state index in [4.69, 9.17) is 5.26 Å². The van der Waals surface area contributed by atoms with Crippen molar-refractivity contribution in [3.05, 3.63) is 47.5 Å². The second-order valence-corrected chi connectivity index (χ2v) is 4.69. The van der Waals surface area contributed by atoms with Gasteiger partial charge in [-0.15, -0.1) is 0 Å². The molecule has 17 heavy (non-hydrogen) atoms. The highest BCUT2D eigenvalue weighted by molar-refractivity contribution is 5.32. The smallest absolute Gasteiger partial charge is 0.0991 e. The number of rotatable bonds is 5. The first-order valence-corrected chi connectivity index (χ1v) is 6.33. The van der Waals surface area contributed by atoms with Gasteiger partial charge in [-0.1, -0.05) is 45.1 Å². The molecule has 1 rings (SSSR count). The Morgan fingerprint density at radius 3 is 2.76 bits per heavy atom. The van der Waals surface area contributed by atoms with Crippen LogP contribution >= 0.6 is 0 Å². The van der Waals surface area contributed by atoms with E-state index >= 15 is 0 Å². The van der Waals surface area contributed by atoms with E-state index in [1.54, 1.807) is 0 Å². The van der Waals surface area contributed by atoms with Gasteiger partial charge in [0.25, 0.3) is 0 Å². The van der Waals surface area contributed by atoms with E-state index in [2.05, 4.69) is 45.1 Å². The second-order valence-electron chi connectivity index (χ2n) is 4.69. The van der Waals surface area contributed by atoms with Gasteiger partial charge in [-0.05, 0) is 42.4 Å². The maximum Gasteiger partial charge on any atom is 0.0991 e. The molecule has 0 N–H and O–H groups in total. The molecular formula is C16H21N. The zero-order valence-electron chi connectivity index (χ0n) is 11.0. The highest BCUT2D eigenvalue weighted by Crippen LogP contribution is 2.19. The summed E-state index contributed by atoms with van der Waals surface area (Å²) >= 11 is 0. The van der Waals surface area contributed by atoms with Gasteiger partial charge in [0.05, 0.1) is 11.6 Å². The maximum absolute atomic E-state index is 8.86. The molecule has 90 valence electrons. The minimum atomic E-state index is 0.584. The lowest BCUT2D eigenvalue weighted by Crippen LogP contribution is -2.08. The van der Waals surface area contributed by atoms with Crippen LogP contribution < -0.4 is 0 Å². The van der Waals surface area contributed by atoms with E-state index in [0.29, 0.717) is 11.8 Å². The summed E-state index contributed by atoms with van der Waals surface area (Å²) in [5, 5.41) is 8.86. The van der Waals surface area contributed by atoms with Crippen molar-refractivity contribution in [3.63, 3.8) is 0 Å². The second kappa shape index (κ2) is 6.91. The first-order valence-electron chi connectivity index (χ1n) is 6.33. The maximum atomic E-state index is 8.86. The average Bonchev–Trinajstić information content (AvgIpc) is 2.36. The zero-order valence-corrected chi connectivity index (χ0v) is 11.0. The molecule has 0 aliphatic heterocycles. The molecule has 0 fully saturated rings. The van der Waals surface area contributed by atoms with E-state index in [-0.39, 0.29) is 0 Å². The SMILES string of the molecule is CC/C=C\C(C)[C@H](C)Cc1cccc(C#N)c1. The quantitative estimate of drug-likeness (QED) is 0.686. The molecular weight excluding hydrogens is 206 g/mol. The summed E-state index contributed by atoms with van der Waals surface area (Å²) in [5.74, 6) is 1.19. The number of allylic oxidation sites excluding steroid dienone is 2. The molecule has 1 unspecified atom stereocenters. The molecule has 0 radical (unpaired) electrons. The van der Waals surface area contributed by atoms with Gasteiger partial charge in [-0.3, -0.25) is 0 Å². The zero-order chi connectivity index (χ0) is 12.7. The third kappa shape index (κ3) is 4.44. The summed E-state index contributed by atoms with van der Waals surface area (Å²) in [7, 11) is 0. The lowest BCUT2D eigenvalue weighted by Gasteiger charge is -2.16. The lowest BCUT2D eigenvalue weighted by molar-refractivity contribution is 0.457. The number of hydrogen-bond acceptors (Lipinski definition) is 1. The van der Waals surface area contributed by atoms with Crippen LogP contribution in [0.2, 0.25) is 0 Å². The van der Waals surface area contributed by atoms with Gasteiger partial charge < -0.3 is 0 Å². The molecule has 1 aromatic rings. The molecule has 0 amide bonds. The highest BCUT2D eigenvalue weighted by Gasteiger charge is 2.10. The molecule has 0 heterocycles. The average molecular weight is 227 g/mol. The Hall–Kier alpha value is -1.55. The molecule has 1 nitrogen and oxygen atoms in total. The molecule has 1 aromatic carbocycles. The molecule has 0 saturated carbocycles. The first-order chi connectivity index (χ1) is 8.17. The van der Waals surface area contributed by atoms with Crippen molar-refractivity contribution in [2.24, 2.45) is 11.8 Å². The van der Waals surface area contributed by atoms with Crippen LogP contribution in [0.5, 0.6) is 0 Å². The fourth-order valence-corrected chi connectivity index (χ4v) is 1.87. The van der Waals surface area contributed by atoms with Gasteiger partial charge in [0.1, 0.15) is 0 Å². The minimum Gasteiger partial charge on any atom is -0.192 e. The molecule has 2 atom stereocenters. The summed E-state index contributed by atoms with van der Waals surface area (Å²) in [6.45, 7) is 6.68. The minimum absolute atomic E-state index is 0.584. The molecule has 0 aliphatic rings. The Kier molecular flexibility index (Phi) is 5.49. The standard InChI is InChI=1S/C16H21N/c1-4-5-7-13(2)14(3)10-15-8-6-9-16(11-15)12-17/h5-9,11,13-14H,4,10H2,1-3H3/b7-5-/t13?,14-/m1/s1. The van der Waals surface area contributed by atoms with Crippen LogP contribution in [0.1, 0.15) is 38.3 Å². The largest absolute Gasteiger partial charge is 0.192 e. The van der Waals surface area contributed by atoms with Gasteiger partial charge in [0, 0.05) is 0 Å². The van der Waals surface area contributed by atoms with Crippen LogP contribution in [0, 0.1) is 23.2 Å². The predicted molar refractivity (Wildman–Crippen MR) is 72.6 cm³/mol. The topological polar surface area (TPSA) is 23.8 Å². The third-order valence-corrected chi connectivity index (χ3v) is 3.19. The molecule has 1 heteroatoms. The van der Waals surface area contributed by atoms with Crippen LogP contribution in [0.4, 0.5) is 0 Å². The van der Waals surface area contributed by atoms with Gasteiger partial charge in [-0.2, -0.15) is 5.26 Å². The Morgan fingerprint density at radius 1 is 1.35 bits per heavy atom. The van der Waals surface area contributed by atoms with Gasteiger partial charge >= 0.3 is 0 Å². The summed E-state index contributed by atoms with van der Waals surface area (Å²) in [5.41, 5.74) is 2.01. The van der Waals surface area contributed by atoms with Gasteiger partial charge in [0.15, 0.2) is 0 Å². The summed E-state index contributed by atoms with van der Waals surface area (Å²) in [6, 6.07) is 10.1. The third-order valence-electron chi connectivity index (χ3n) is 3.19. The fourth-order valence-electron chi connectivity index (χ4n) is 1.87. The van der Waals surface area contributed by atoms with Crippen molar-refractivity contribution in [3.8, 4) is 6.07 Å². The number of hydrogen-bond donors (Lipinski definition) is 0. The van der Waals surface area contributed by atoms with Crippen LogP contribution in [-0.2, 0) is 6.42 Å². The molecule has 0 spiro atoms. The van der Waals surface area contributed by atoms with E-state index in [1.165, 1.54) is 5.56 Å². The molecule has 0 aliphatic carbocycles. The Bertz CT molecular complexity index is 412. The van der Waals surface area contributed by atoms with Crippen LogP contribution in [0.25, 0.3) is 0 Å². The van der Waals surface area contributed by atoms with E-state index in [1.807, 2.05) is 18.2 Å². The van der Waals surface area contributed by atoms with Crippen LogP contribution in [0.15, 0.2) is 36.4 Å². The van der Waals surface area contributed by atoms with Crippen molar-refractivity contribution < 1.29 is 0 Å². The van der Waals surface area contributed by atoms with E-state index in [9.17, 15) is 0 Å². The summed E-state index contributed by atoms with van der Waals surface area (Å²) < 4.78 is 0. The van der Waals surface area contributed by atoms with E-state index in [0.717, 1.165) is 18.4 Å². The molecule has 0 saturated heterocycles. The van der Waals surface area contributed by atoms with Crippen molar-refractivity contribution in [1.82, 2.24) is 0 Å². The Balaban J connectivity index is 2.64. The van der Waals surface area contributed by atoms with Crippen molar-refractivity contribution in [2.75, 3.05) is 0 Å². The summed E-state index contributed by atoms with van der Waals surface area (Å²) in [6.07, 6.45) is 6.65. The van der Waals surface area contributed by atoms with Crippen molar-refractivity contribution in [1.29, 1.82) is 5.26 Å². The Morgan fingerprint density at radius 2 is 2.12 bits per heavy atom. The van der Waals surface area contributed by atoms with E-state index < -0.39 is 0 Å². The van der Waals surface area contributed by atoms with Gasteiger partial charge in [0.2, 0.25) is 0 Å². The normalized spacial score (nSPS) is 14.5. The Labute approximate surface area is 105 Å². The number of nitrogens with zero attached hydrogens (tertiary/aromatic N) is 1. The van der Waals surface area contributed by atoms with Crippen molar-refractivity contribution >= 4 is 0 Å². The lowest BCUT2D eigenvalue weighted by atomic mass is 9.89.